The molecule has 0 amide bonds. The van der Waals surface area contributed by atoms with E-state index in [1.807, 2.05) is 0 Å². The fourth-order valence-corrected chi connectivity index (χ4v) is 3.53. The molecule has 0 radical (unpaired) electrons. The van der Waals surface area contributed by atoms with E-state index in [4.69, 9.17) is 0 Å². The summed E-state index contributed by atoms with van der Waals surface area (Å²) in [7, 11) is 0. The molecule has 0 spiro atoms. The van der Waals surface area contributed by atoms with Gasteiger partial charge in [-0.2, -0.15) is 0 Å². The van der Waals surface area contributed by atoms with Crippen molar-refractivity contribution in [2.45, 2.75) is 32.6 Å². The molecule has 2 bridgehead atoms. The minimum atomic E-state index is -0.265. The Morgan fingerprint density at radius 3 is 2.71 bits per heavy atom. The second-order valence-electron chi connectivity index (χ2n) is 5.61. The zero-order valence-corrected chi connectivity index (χ0v) is 10.1. The number of carbonyl (C=O) groups is 1. The Bertz CT molecular complexity index is 466. The van der Waals surface area contributed by atoms with E-state index in [2.05, 4.69) is 0 Å². The van der Waals surface area contributed by atoms with Crippen molar-refractivity contribution in [3.63, 3.8) is 0 Å². The lowest BCUT2D eigenvalue weighted by Gasteiger charge is -2.20. The van der Waals surface area contributed by atoms with E-state index < -0.39 is 0 Å². The first-order chi connectivity index (χ1) is 8.15. The number of ketones is 1. The maximum absolute atomic E-state index is 13.5. The summed E-state index contributed by atoms with van der Waals surface area (Å²) in [6.07, 6.45) is 4.72. The summed E-state index contributed by atoms with van der Waals surface area (Å²) in [5, 5.41) is 0. The molecule has 0 aromatic heterocycles. The molecule has 2 aliphatic rings. The molecule has 3 unspecified atom stereocenters. The average molecular weight is 232 g/mol. The molecule has 0 saturated heterocycles. The van der Waals surface area contributed by atoms with Gasteiger partial charge in [-0.25, -0.2) is 4.39 Å². The molecule has 2 fully saturated rings. The number of halogens is 1. The van der Waals surface area contributed by atoms with E-state index in [0.29, 0.717) is 17.0 Å². The minimum Gasteiger partial charge on any atom is -0.294 e. The van der Waals surface area contributed by atoms with Crippen molar-refractivity contribution in [3.05, 3.63) is 35.1 Å². The second-order valence-corrected chi connectivity index (χ2v) is 5.61. The summed E-state index contributed by atoms with van der Waals surface area (Å²) in [5.41, 5.74) is 1.17. The number of carbonyl (C=O) groups excluding carboxylic acids is 1. The maximum Gasteiger partial charge on any atom is 0.166 e. The molecule has 90 valence electrons. The van der Waals surface area contributed by atoms with E-state index in [-0.39, 0.29) is 17.5 Å². The van der Waals surface area contributed by atoms with Crippen LogP contribution in [0.4, 0.5) is 4.39 Å². The number of fused-ring (bicyclic) bond motifs is 2. The number of aryl methyl sites for hydroxylation is 1. The summed E-state index contributed by atoms with van der Waals surface area (Å²) >= 11 is 0. The Kier molecular flexibility index (Phi) is 2.53. The zero-order chi connectivity index (χ0) is 12.0. The Morgan fingerprint density at radius 1 is 1.29 bits per heavy atom. The van der Waals surface area contributed by atoms with Crippen LogP contribution in [-0.4, -0.2) is 5.78 Å². The Labute approximate surface area is 101 Å². The fourth-order valence-electron chi connectivity index (χ4n) is 3.53. The zero-order valence-electron chi connectivity index (χ0n) is 10.1. The third-order valence-corrected chi connectivity index (χ3v) is 4.53. The molecule has 2 heteroatoms. The lowest BCUT2D eigenvalue weighted by Crippen LogP contribution is -2.21. The number of rotatable bonds is 2. The predicted octanol–water partition coefficient (Wildman–Crippen LogP) is 3.75. The smallest absolute Gasteiger partial charge is 0.166 e. The van der Waals surface area contributed by atoms with Gasteiger partial charge >= 0.3 is 0 Å². The Hall–Kier alpha value is -1.18. The first-order valence-corrected chi connectivity index (χ1v) is 6.45. The summed E-state index contributed by atoms with van der Waals surface area (Å²) in [6.45, 7) is 1.72. The molecule has 1 nitrogen and oxygen atoms in total. The van der Waals surface area contributed by atoms with E-state index in [0.717, 1.165) is 12.3 Å². The summed E-state index contributed by atoms with van der Waals surface area (Å²) < 4.78 is 13.5. The van der Waals surface area contributed by atoms with Crippen molar-refractivity contribution in [2.75, 3.05) is 0 Å². The van der Waals surface area contributed by atoms with Crippen molar-refractivity contribution in [1.82, 2.24) is 0 Å². The molecule has 3 atom stereocenters. The maximum atomic E-state index is 13.5. The molecule has 17 heavy (non-hydrogen) atoms. The summed E-state index contributed by atoms with van der Waals surface area (Å²) in [4.78, 5) is 12.3. The average Bonchev–Trinajstić information content (AvgIpc) is 2.93. The standard InChI is InChI=1S/C15H17FO/c1-9-2-4-12(8-14(9)16)15(17)13-7-10-3-5-11(13)6-10/h2,4,8,10-11,13H,3,5-7H2,1H3. The molecule has 2 saturated carbocycles. The van der Waals surface area contributed by atoms with E-state index in [9.17, 15) is 9.18 Å². The van der Waals surface area contributed by atoms with Crippen LogP contribution in [0.3, 0.4) is 0 Å². The van der Waals surface area contributed by atoms with Crippen LogP contribution in [0, 0.1) is 30.5 Å². The lowest BCUT2D eigenvalue weighted by molar-refractivity contribution is 0.0874. The van der Waals surface area contributed by atoms with Crippen LogP contribution in [-0.2, 0) is 0 Å². The van der Waals surface area contributed by atoms with E-state index in [1.165, 1.54) is 25.3 Å². The first kappa shape index (κ1) is 10.9. The monoisotopic (exact) mass is 232 g/mol. The SMILES string of the molecule is Cc1ccc(C(=O)C2CC3CCC2C3)cc1F. The van der Waals surface area contributed by atoms with Crippen LogP contribution in [0.15, 0.2) is 18.2 Å². The Balaban J connectivity index is 1.84. The molecule has 0 aliphatic heterocycles. The molecular formula is C15H17FO. The van der Waals surface area contributed by atoms with Crippen LogP contribution in [0.5, 0.6) is 0 Å². The molecule has 1 aromatic rings. The van der Waals surface area contributed by atoms with Gasteiger partial charge in [-0.1, -0.05) is 18.6 Å². The number of hydrogen-bond acceptors (Lipinski definition) is 1. The first-order valence-electron chi connectivity index (χ1n) is 6.45. The van der Waals surface area contributed by atoms with Gasteiger partial charge in [0.1, 0.15) is 5.82 Å². The molecular weight excluding hydrogens is 215 g/mol. The second kappa shape index (κ2) is 3.94. The highest BCUT2D eigenvalue weighted by atomic mass is 19.1. The highest BCUT2D eigenvalue weighted by molar-refractivity contribution is 5.98. The van der Waals surface area contributed by atoms with Crippen LogP contribution < -0.4 is 0 Å². The third kappa shape index (κ3) is 1.80. The highest BCUT2D eigenvalue weighted by Gasteiger charge is 2.43. The number of benzene rings is 1. The number of hydrogen-bond donors (Lipinski definition) is 0. The fraction of sp³-hybridized carbons (Fsp3) is 0.533. The van der Waals surface area contributed by atoms with Crippen molar-refractivity contribution >= 4 is 5.78 Å². The molecule has 2 aliphatic carbocycles. The molecule has 3 rings (SSSR count). The molecule has 1 aromatic carbocycles. The van der Waals surface area contributed by atoms with Gasteiger partial charge in [0, 0.05) is 11.5 Å². The molecule has 0 N–H and O–H groups in total. The van der Waals surface area contributed by atoms with Crippen molar-refractivity contribution in [2.24, 2.45) is 17.8 Å². The van der Waals surface area contributed by atoms with Gasteiger partial charge in [0.05, 0.1) is 0 Å². The van der Waals surface area contributed by atoms with Gasteiger partial charge in [-0.15, -0.1) is 0 Å². The predicted molar refractivity (Wildman–Crippen MR) is 64.4 cm³/mol. The van der Waals surface area contributed by atoms with Gasteiger partial charge in [0.25, 0.3) is 0 Å². The third-order valence-electron chi connectivity index (χ3n) is 4.53. The van der Waals surface area contributed by atoms with Crippen LogP contribution in [0.2, 0.25) is 0 Å². The van der Waals surface area contributed by atoms with Crippen LogP contribution in [0.25, 0.3) is 0 Å². The van der Waals surface area contributed by atoms with Crippen molar-refractivity contribution in [1.29, 1.82) is 0 Å². The van der Waals surface area contributed by atoms with E-state index >= 15 is 0 Å². The highest BCUT2D eigenvalue weighted by Crippen LogP contribution is 2.49. The Morgan fingerprint density at radius 2 is 2.12 bits per heavy atom. The number of Topliss-reactive ketones (excluding diaryl/α,β-unsaturated/α-hetero) is 1. The lowest BCUT2D eigenvalue weighted by atomic mass is 9.83. The summed E-state index contributed by atoms with van der Waals surface area (Å²) in [6, 6.07) is 4.88. The van der Waals surface area contributed by atoms with Gasteiger partial charge < -0.3 is 0 Å². The minimum absolute atomic E-state index is 0.163. The normalized spacial score (nSPS) is 30.8. The van der Waals surface area contributed by atoms with Crippen molar-refractivity contribution in [3.8, 4) is 0 Å². The van der Waals surface area contributed by atoms with Crippen LogP contribution >= 0.6 is 0 Å². The van der Waals surface area contributed by atoms with Gasteiger partial charge in [0.2, 0.25) is 0 Å². The largest absolute Gasteiger partial charge is 0.294 e. The van der Waals surface area contributed by atoms with Crippen molar-refractivity contribution < 1.29 is 9.18 Å². The summed E-state index contributed by atoms with van der Waals surface area (Å²) in [5.74, 6) is 1.38. The van der Waals surface area contributed by atoms with Crippen LogP contribution in [0.1, 0.15) is 41.6 Å². The van der Waals surface area contributed by atoms with Gasteiger partial charge in [-0.05, 0) is 49.7 Å². The quantitative estimate of drug-likeness (QED) is 0.710. The van der Waals surface area contributed by atoms with Gasteiger partial charge in [0.15, 0.2) is 5.78 Å². The molecule has 0 heterocycles. The van der Waals surface area contributed by atoms with Gasteiger partial charge in [-0.3, -0.25) is 4.79 Å². The van der Waals surface area contributed by atoms with E-state index in [1.54, 1.807) is 19.1 Å². The topological polar surface area (TPSA) is 17.1 Å².